The van der Waals surface area contributed by atoms with Crippen molar-refractivity contribution in [2.24, 2.45) is 0 Å². The number of hydrogen-bond donors (Lipinski definition) is 1. The van der Waals surface area contributed by atoms with Crippen LogP contribution in [0.5, 0.6) is 0 Å². The molecule has 3 aromatic heterocycles. The molecule has 1 fully saturated rings. The summed E-state index contributed by atoms with van der Waals surface area (Å²) in [6, 6.07) is 6.92. The third-order valence-electron chi connectivity index (χ3n) is 4.60. The first-order chi connectivity index (χ1) is 13.4. The third kappa shape index (κ3) is 3.90. The van der Waals surface area contributed by atoms with E-state index in [0.717, 1.165) is 4.88 Å². The van der Waals surface area contributed by atoms with Crippen LogP contribution in [-0.2, 0) is 10.0 Å². The summed E-state index contributed by atoms with van der Waals surface area (Å²) >= 11 is 2.70. The molecule has 0 aliphatic carbocycles. The van der Waals surface area contributed by atoms with Crippen molar-refractivity contribution in [1.29, 1.82) is 0 Å². The molecular weight excluding hydrogens is 418 g/mol. The van der Waals surface area contributed by atoms with Crippen LogP contribution in [0.2, 0.25) is 0 Å². The number of carbonyl (C=O) groups is 1. The van der Waals surface area contributed by atoms with Crippen LogP contribution in [0.4, 0.5) is 0 Å². The Bertz CT molecular complexity index is 1050. The Labute approximate surface area is 171 Å². The van der Waals surface area contributed by atoms with Gasteiger partial charge in [0, 0.05) is 19.1 Å². The number of sulfonamides is 1. The van der Waals surface area contributed by atoms with Crippen molar-refractivity contribution in [3.8, 4) is 10.8 Å². The van der Waals surface area contributed by atoms with Crippen LogP contribution in [0.1, 0.15) is 29.1 Å². The number of oxazole rings is 1. The fraction of sp³-hybridized carbons (Fsp3) is 0.333. The molecule has 4 heterocycles. The van der Waals surface area contributed by atoms with E-state index in [0.29, 0.717) is 47.5 Å². The average molecular weight is 438 g/mol. The summed E-state index contributed by atoms with van der Waals surface area (Å²) in [7, 11) is -3.50. The Balaban J connectivity index is 1.39. The van der Waals surface area contributed by atoms with Crippen LogP contribution in [0.25, 0.3) is 10.8 Å². The zero-order valence-electron chi connectivity index (χ0n) is 15.1. The predicted octanol–water partition coefficient (Wildman–Crippen LogP) is 3.36. The minimum absolute atomic E-state index is 0.177. The topological polar surface area (TPSA) is 92.5 Å². The van der Waals surface area contributed by atoms with Crippen molar-refractivity contribution in [3.63, 3.8) is 0 Å². The molecule has 0 radical (unpaired) electrons. The van der Waals surface area contributed by atoms with E-state index in [1.807, 2.05) is 17.5 Å². The molecule has 1 aliphatic rings. The predicted molar refractivity (Wildman–Crippen MR) is 108 cm³/mol. The standard InChI is InChI=1S/C18H19N3O4S3/c1-12-16(19-17(25-12)14-4-2-10-26-14)18(22)21-8-6-13(7-9-21)20-28(23,24)15-5-3-11-27-15/h2-5,10-11,13,20H,6-9H2,1H3. The zero-order valence-corrected chi connectivity index (χ0v) is 17.6. The van der Waals surface area contributed by atoms with Gasteiger partial charge in [-0.3, -0.25) is 4.79 Å². The smallest absolute Gasteiger partial charge is 0.276 e. The number of piperidine rings is 1. The SMILES string of the molecule is Cc1oc(-c2cccs2)nc1C(=O)N1CCC(NS(=O)(=O)c2cccs2)CC1. The fourth-order valence-corrected chi connectivity index (χ4v) is 6.11. The molecule has 10 heteroatoms. The second-order valence-electron chi connectivity index (χ2n) is 6.52. The number of hydrogen-bond acceptors (Lipinski definition) is 7. The summed E-state index contributed by atoms with van der Waals surface area (Å²) in [5.74, 6) is 0.770. The highest BCUT2D eigenvalue weighted by Gasteiger charge is 2.30. The lowest BCUT2D eigenvalue weighted by atomic mass is 10.1. The van der Waals surface area contributed by atoms with Gasteiger partial charge in [0.1, 0.15) is 9.97 Å². The van der Waals surface area contributed by atoms with Gasteiger partial charge in [-0.05, 0) is 42.7 Å². The van der Waals surface area contributed by atoms with Crippen LogP contribution in [0, 0.1) is 6.92 Å². The molecular formula is C18H19N3O4S3. The van der Waals surface area contributed by atoms with E-state index >= 15 is 0 Å². The number of thiophene rings is 2. The monoisotopic (exact) mass is 437 g/mol. The fourth-order valence-electron chi connectivity index (χ4n) is 3.14. The summed E-state index contributed by atoms with van der Waals surface area (Å²) in [6.45, 7) is 2.67. The van der Waals surface area contributed by atoms with E-state index in [1.165, 1.54) is 22.7 Å². The Kier molecular flexibility index (Phi) is 5.37. The summed E-state index contributed by atoms with van der Waals surface area (Å²) in [5.41, 5.74) is 0.320. The van der Waals surface area contributed by atoms with Gasteiger partial charge >= 0.3 is 0 Å². The Morgan fingerprint density at radius 2 is 1.93 bits per heavy atom. The Hall–Kier alpha value is -2.01. The van der Waals surface area contributed by atoms with Gasteiger partial charge in [-0.1, -0.05) is 12.1 Å². The minimum atomic E-state index is -3.50. The largest absolute Gasteiger partial charge is 0.440 e. The molecule has 1 aliphatic heterocycles. The number of rotatable bonds is 5. The van der Waals surface area contributed by atoms with Gasteiger partial charge in [-0.2, -0.15) is 0 Å². The highest BCUT2D eigenvalue weighted by atomic mass is 32.2. The van der Waals surface area contributed by atoms with Crippen molar-refractivity contribution < 1.29 is 17.6 Å². The van der Waals surface area contributed by atoms with Crippen molar-refractivity contribution in [1.82, 2.24) is 14.6 Å². The molecule has 148 valence electrons. The highest BCUT2D eigenvalue weighted by Crippen LogP contribution is 2.27. The van der Waals surface area contributed by atoms with Crippen LogP contribution < -0.4 is 4.72 Å². The number of aromatic nitrogens is 1. The van der Waals surface area contributed by atoms with E-state index in [4.69, 9.17) is 4.42 Å². The maximum Gasteiger partial charge on any atom is 0.276 e. The molecule has 0 aromatic carbocycles. The maximum atomic E-state index is 12.9. The normalized spacial score (nSPS) is 15.8. The molecule has 7 nitrogen and oxygen atoms in total. The van der Waals surface area contributed by atoms with Crippen LogP contribution in [0.15, 0.2) is 43.7 Å². The first kappa shape index (κ1) is 19.3. The van der Waals surface area contributed by atoms with E-state index in [2.05, 4.69) is 9.71 Å². The van der Waals surface area contributed by atoms with Crippen molar-refractivity contribution in [2.45, 2.75) is 30.0 Å². The Morgan fingerprint density at radius 1 is 1.21 bits per heavy atom. The minimum Gasteiger partial charge on any atom is -0.440 e. The lowest BCUT2D eigenvalue weighted by molar-refractivity contribution is 0.0704. The lowest BCUT2D eigenvalue weighted by Crippen LogP contribution is -2.46. The quantitative estimate of drug-likeness (QED) is 0.661. The second kappa shape index (κ2) is 7.78. The summed E-state index contributed by atoms with van der Waals surface area (Å²) in [4.78, 5) is 19.8. The molecule has 1 N–H and O–H groups in total. The first-order valence-corrected chi connectivity index (χ1v) is 12.0. The van der Waals surface area contributed by atoms with Gasteiger partial charge in [0.05, 0.1) is 4.88 Å². The Morgan fingerprint density at radius 3 is 2.57 bits per heavy atom. The number of amides is 1. The lowest BCUT2D eigenvalue weighted by Gasteiger charge is -2.31. The molecule has 0 atom stereocenters. The summed E-state index contributed by atoms with van der Waals surface area (Å²) < 4.78 is 33.4. The zero-order chi connectivity index (χ0) is 19.7. The molecule has 1 amide bonds. The van der Waals surface area contributed by atoms with Gasteiger partial charge in [-0.15, -0.1) is 22.7 Å². The number of aryl methyl sites for hydroxylation is 1. The van der Waals surface area contributed by atoms with E-state index in [1.54, 1.807) is 29.3 Å². The molecule has 0 spiro atoms. The maximum absolute atomic E-state index is 12.9. The van der Waals surface area contributed by atoms with Crippen molar-refractivity contribution >= 4 is 38.6 Å². The first-order valence-electron chi connectivity index (χ1n) is 8.80. The molecule has 0 saturated carbocycles. The number of nitrogens with zero attached hydrogens (tertiary/aromatic N) is 2. The van der Waals surface area contributed by atoms with Crippen LogP contribution >= 0.6 is 22.7 Å². The van der Waals surface area contributed by atoms with Crippen LogP contribution in [0.3, 0.4) is 0 Å². The van der Waals surface area contributed by atoms with E-state index < -0.39 is 10.0 Å². The van der Waals surface area contributed by atoms with Gasteiger partial charge in [0.2, 0.25) is 15.9 Å². The number of carbonyl (C=O) groups excluding carboxylic acids is 1. The molecule has 0 unspecified atom stereocenters. The van der Waals surface area contributed by atoms with Gasteiger partial charge in [0.25, 0.3) is 5.91 Å². The molecule has 28 heavy (non-hydrogen) atoms. The third-order valence-corrected chi connectivity index (χ3v) is 8.37. The van der Waals surface area contributed by atoms with E-state index in [9.17, 15) is 13.2 Å². The summed E-state index contributed by atoms with van der Waals surface area (Å²) in [5, 5.41) is 3.67. The van der Waals surface area contributed by atoms with Crippen molar-refractivity contribution in [3.05, 3.63) is 46.5 Å². The van der Waals surface area contributed by atoms with Crippen LogP contribution in [-0.4, -0.2) is 43.3 Å². The molecule has 0 bridgehead atoms. The average Bonchev–Trinajstić information content (AvgIpc) is 3.43. The van der Waals surface area contributed by atoms with Gasteiger partial charge in [-0.25, -0.2) is 18.1 Å². The van der Waals surface area contributed by atoms with Crippen molar-refractivity contribution in [2.75, 3.05) is 13.1 Å². The molecule has 4 rings (SSSR count). The van der Waals surface area contributed by atoms with E-state index in [-0.39, 0.29) is 11.9 Å². The highest BCUT2D eigenvalue weighted by molar-refractivity contribution is 7.91. The number of nitrogens with one attached hydrogen (secondary N) is 1. The second-order valence-corrected chi connectivity index (χ2v) is 10.4. The number of likely N-dealkylation sites (tertiary alicyclic amines) is 1. The summed E-state index contributed by atoms with van der Waals surface area (Å²) in [6.07, 6.45) is 1.12. The molecule has 1 saturated heterocycles. The van der Waals surface area contributed by atoms with Gasteiger partial charge in [0.15, 0.2) is 5.69 Å². The molecule has 3 aromatic rings. The van der Waals surface area contributed by atoms with Gasteiger partial charge < -0.3 is 9.32 Å².